The van der Waals surface area contributed by atoms with E-state index in [4.69, 9.17) is 37.4 Å². The van der Waals surface area contributed by atoms with Crippen LogP contribution in [0.15, 0.2) is 72.8 Å². The Labute approximate surface area is 243 Å². The van der Waals surface area contributed by atoms with Crippen molar-refractivity contribution >= 4 is 40.9 Å². The number of carbonyl (C=O) groups is 1. The monoisotopic (exact) mass is 583 g/mol. The number of anilines is 1. The largest absolute Gasteiger partial charge is 0.508 e. The highest BCUT2D eigenvalue weighted by Gasteiger charge is 2.40. The van der Waals surface area contributed by atoms with Gasteiger partial charge < -0.3 is 24.2 Å². The molecule has 2 fully saturated rings. The van der Waals surface area contributed by atoms with E-state index in [9.17, 15) is 9.90 Å². The van der Waals surface area contributed by atoms with Crippen LogP contribution in [-0.4, -0.2) is 61.5 Å². The summed E-state index contributed by atoms with van der Waals surface area (Å²) in [6, 6.07) is 19.9. The lowest BCUT2D eigenvalue weighted by molar-refractivity contribution is -0.164. The van der Waals surface area contributed by atoms with Crippen LogP contribution in [0.2, 0.25) is 10.0 Å². The zero-order chi connectivity index (χ0) is 28.1. The van der Waals surface area contributed by atoms with Gasteiger partial charge in [0, 0.05) is 48.5 Å². The smallest absolute Gasteiger partial charge is 0.258 e. The van der Waals surface area contributed by atoms with Crippen LogP contribution in [0.5, 0.6) is 11.5 Å². The summed E-state index contributed by atoms with van der Waals surface area (Å²) in [5.74, 6) is -0.197. The Morgan fingerprint density at radius 3 is 2.50 bits per heavy atom. The maximum absolute atomic E-state index is 12.3. The molecule has 2 N–H and O–H groups in total. The van der Waals surface area contributed by atoms with E-state index in [0.717, 1.165) is 35.7 Å². The standard InChI is InChI=1S/C30H31Cl2N3O5/c1-30(27-12-5-22(31)18-28(27)32)39-20-26(40-30)19-38-25-10-6-23(7-11-25)34-14-16-35(17-15-34)33-29(37)13-4-21-2-8-24(36)9-3-21/h2-13,18,26,36H,14-17,19-20H2,1H3,(H,33,37)/t26-,30+/m1/s1. The molecule has 210 valence electrons. The number of hydrogen-bond donors (Lipinski definition) is 2. The van der Waals surface area contributed by atoms with Gasteiger partial charge in [0.05, 0.1) is 11.6 Å². The van der Waals surface area contributed by atoms with E-state index in [1.165, 1.54) is 6.08 Å². The first-order chi connectivity index (χ1) is 19.3. The predicted molar refractivity (Wildman–Crippen MR) is 156 cm³/mol. The first kappa shape index (κ1) is 28.3. The number of benzene rings is 3. The van der Waals surface area contributed by atoms with Crippen LogP contribution >= 0.6 is 23.2 Å². The lowest BCUT2D eigenvalue weighted by atomic mass is 10.1. The van der Waals surface area contributed by atoms with Gasteiger partial charge in [-0.3, -0.25) is 10.2 Å². The van der Waals surface area contributed by atoms with Gasteiger partial charge in [-0.25, -0.2) is 5.01 Å². The van der Waals surface area contributed by atoms with Crippen LogP contribution in [0.25, 0.3) is 6.08 Å². The van der Waals surface area contributed by atoms with Crippen LogP contribution in [0.4, 0.5) is 5.69 Å². The zero-order valence-corrected chi connectivity index (χ0v) is 23.6. The van der Waals surface area contributed by atoms with Crippen molar-refractivity contribution in [3.05, 3.63) is 94.0 Å². The molecule has 3 aromatic carbocycles. The number of rotatable bonds is 8. The molecule has 2 aliphatic rings. The number of amides is 1. The second-order valence-electron chi connectivity index (χ2n) is 9.80. The molecule has 2 heterocycles. The molecule has 0 radical (unpaired) electrons. The Morgan fingerprint density at radius 1 is 1.07 bits per heavy atom. The summed E-state index contributed by atoms with van der Waals surface area (Å²) in [5, 5.41) is 12.3. The molecule has 0 unspecified atom stereocenters. The molecule has 5 rings (SSSR count). The third kappa shape index (κ3) is 7.08. The Bertz CT molecular complexity index is 1340. The average molecular weight is 585 g/mol. The fourth-order valence-electron chi connectivity index (χ4n) is 4.69. The quantitative estimate of drug-likeness (QED) is 0.351. The van der Waals surface area contributed by atoms with E-state index in [0.29, 0.717) is 36.3 Å². The maximum Gasteiger partial charge on any atom is 0.258 e. The number of phenols is 1. The van der Waals surface area contributed by atoms with Gasteiger partial charge in [0.1, 0.15) is 24.2 Å². The van der Waals surface area contributed by atoms with E-state index in [2.05, 4.69) is 10.3 Å². The number of aromatic hydroxyl groups is 1. The van der Waals surface area contributed by atoms with Gasteiger partial charge in [-0.15, -0.1) is 0 Å². The number of hydrazine groups is 1. The second kappa shape index (κ2) is 12.5. The SMILES string of the molecule is C[C@]1(c2ccc(Cl)cc2Cl)OC[C@@H](COc2ccc(N3CCN(NC(=O)C=Cc4ccc(O)cc4)CC3)cc2)O1. The molecule has 0 aromatic heterocycles. The van der Waals surface area contributed by atoms with Crippen molar-refractivity contribution in [2.45, 2.75) is 18.8 Å². The minimum Gasteiger partial charge on any atom is -0.508 e. The normalized spacial score (nSPS) is 21.6. The highest BCUT2D eigenvalue weighted by molar-refractivity contribution is 6.35. The van der Waals surface area contributed by atoms with Crippen LogP contribution < -0.4 is 15.1 Å². The summed E-state index contributed by atoms with van der Waals surface area (Å²) >= 11 is 12.4. The molecule has 2 aliphatic heterocycles. The van der Waals surface area contributed by atoms with Gasteiger partial charge in [0.2, 0.25) is 0 Å². The molecular weight excluding hydrogens is 553 g/mol. The fourth-order valence-corrected chi connectivity index (χ4v) is 5.27. The molecule has 2 atom stereocenters. The van der Waals surface area contributed by atoms with Gasteiger partial charge in [-0.1, -0.05) is 41.4 Å². The van der Waals surface area contributed by atoms with Gasteiger partial charge >= 0.3 is 0 Å². The Morgan fingerprint density at radius 2 is 1.80 bits per heavy atom. The number of carbonyl (C=O) groups excluding carboxylic acids is 1. The number of phenolic OH excluding ortho intramolecular Hbond substituents is 1. The third-order valence-corrected chi connectivity index (χ3v) is 7.41. The lowest BCUT2D eigenvalue weighted by Gasteiger charge is -2.35. The second-order valence-corrected chi connectivity index (χ2v) is 10.6. The van der Waals surface area contributed by atoms with Crippen molar-refractivity contribution in [1.82, 2.24) is 10.4 Å². The zero-order valence-electron chi connectivity index (χ0n) is 22.1. The highest BCUT2D eigenvalue weighted by atomic mass is 35.5. The summed E-state index contributed by atoms with van der Waals surface area (Å²) in [6.07, 6.45) is 2.97. The number of hydrogen-bond acceptors (Lipinski definition) is 7. The Balaban J connectivity index is 1.05. The van der Waals surface area contributed by atoms with E-state index in [1.807, 2.05) is 42.3 Å². The highest BCUT2D eigenvalue weighted by Crippen LogP contribution is 2.38. The van der Waals surface area contributed by atoms with Crippen molar-refractivity contribution in [3.63, 3.8) is 0 Å². The van der Waals surface area contributed by atoms with Crippen molar-refractivity contribution < 1.29 is 24.1 Å². The number of nitrogens with one attached hydrogen (secondary N) is 1. The molecule has 2 saturated heterocycles. The molecule has 0 bridgehead atoms. The van der Waals surface area contributed by atoms with Crippen LogP contribution in [0, 0.1) is 0 Å². The fraction of sp³-hybridized carbons (Fsp3) is 0.300. The van der Waals surface area contributed by atoms with Crippen LogP contribution in [0.1, 0.15) is 18.1 Å². The first-order valence-corrected chi connectivity index (χ1v) is 13.8. The van der Waals surface area contributed by atoms with Gasteiger partial charge in [-0.2, -0.15) is 0 Å². The van der Waals surface area contributed by atoms with E-state index < -0.39 is 5.79 Å². The van der Waals surface area contributed by atoms with Gasteiger partial charge in [0.25, 0.3) is 5.91 Å². The molecule has 0 saturated carbocycles. The number of piperazine rings is 1. The van der Waals surface area contributed by atoms with Gasteiger partial charge in [0.15, 0.2) is 5.79 Å². The molecule has 8 nitrogen and oxygen atoms in total. The summed E-state index contributed by atoms with van der Waals surface area (Å²) in [6.45, 7) is 5.54. The van der Waals surface area contributed by atoms with Crippen LogP contribution in [0.3, 0.4) is 0 Å². The summed E-state index contributed by atoms with van der Waals surface area (Å²) in [5.41, 5.74) is 5.59. The van der Waals surface area contributed by atoms with E-state index >= 15 is 0 Å². The number of halogens is 2. The van der Waals surface area contributed by atoms with Crippen molar-refractivity contribution in [3.8, 4) is 11.5 Å². The van der Waals surface area contributed by atoms with Crippen molar-refractivity contribution in [2.75, 3.05) is 44.3 Å². The van der Waals surface area contributed by atoms with Crippen LogP contribution in [-0.2, 0) is 20.1 Å². The Kier molecular flexibility index (Phi) is 8.83. The molecule has 3 aromatic rings. The minimum absolute atomic E-state index is 0.184. The third-order valence-electron chi connectivity index (χ3n) is 6.86. The number of nitrogens with zero attached hydrogens (tertiary/aromatic N) is 2. The molecule has 0 spiro atoms. The summed E-state index contributed by atoms with van der Waals surface area (Å²) in [7, 11) is 0. The van der Waals surface area contributed by atoms with Gasteiger partial charge in [-0.05, 0) is 67.1 Å². The molecule has 0 aliphatic carbocycles. The maximum atomic E-state index is 12.3. The van der Waals surface area contributed by atoms with E-state index in [-0.39, 0.29) is 17.8 Å². The van der Waals surface area contributed by atoms with E-state index in [1.54, 1.807) is 42.5 Å². The predicted octanol–water partition coefficient (Wildman–Crippen LogP) is 5.23. The molecule has 10 heteroatoms. The number of ether oxygens (including phenoxy) is 3. The van der Waals surface area contributed by atoms with Crippen molar-refractivity contribution in [2.24, 2.45) is 0 Å². The first-order valence-electron chi connectivity index (χ1n) is 13.1. The summed E-state index contributed by atoms with van der Waals surface area (Å²) < 4.78 is 18.1. The summed E-state index contributed by atoms with van der Waals surface area (Å²) in [4.78, 5) is 14.6. The van der Waals surface area contributed by atoms with Crippen molar-refractivity contribution in [1.29, 1.82) is 0 Å². The minimum atomic E-state index is -0.954. The molecule has 1 amide bonds. The topological polar surface area (TPSA) is 83.5 Å². The molecule has 40 heavy (non-hydrogen) atoms. The average Bonchev–Trinajstić information content (AvgIpc) is 3.34. The molecular formula is C30H31Cl2N3O5. The Hall–Kier alpha value is -3.27. The lowest BCUT2D eigenvalue weighted by Crippen LogP contribution is -2.53.